The minimum Gasteiger partial charge on any atom is -0.273 e. The van der Waals surface area contributed by atoms with Crippen LogP contribution in [0.25, 0.3) is 0 Å². The summed E-state index contributed by atoms with van der Waals surface area (Å²) in [6.07, 6.45) is 9.35. The summed E-state index contributed by atoms with van der Waals surface area (Å²) >= 11 is 0. The maximum absolute atomic E-state index is 10.3. The Morgan fingerprint density at radius 3 is 1.87 bits per heavy atom. The fraction of sp³-hybridized carbons (Fsp3) is 1.00. The largest absolute Gasteiger partial charge is 0.333 e. The van der Waals surface area contributed by atoms with Gasteiger partial charge in [-0.05, 0) is 6.42 Å². The van der Waals surface area contributed by atoms with Gasteiger partial charge in [0.1, 0.15) is 0 Å². The summed E-state index contributed by atoms with van der Waals surface area (Å²) in [6.45, 7) is 2.54. The molecule has 0 aliphatic carbocycles. The van der Waals surface area contributed by atoms with E-state index in [2.05, 4.69) is 11.6 Å². The van der Waals surface area contributed by atoms with Crippen molar-refractivity contribution >= 4 is 10.3 Å². The maximum atomic E-state index is 10.3. The molecule has 0 rings (SSSR count). The highest BCUT2D eigenvalue weighted by atomic mass is 32.2. The standard InChI is InChI=1S/C10H23NO3S/c1-2-3-4-5-6-7-8-9-10-11-15(12,13)14/h11H,2-10H2,1H3,(H,12,13,14). The fourth-order valence-corrected chi connectivity index (χ4v) is 1.86. The lowest BCUT2D eigenvalue weighted by Gasteiger charge is -2.01. The SMILES string of the molecule is CCCCCCCCCCNS(=O)(=O)O. The van der Waals surface area contributed by atoms with E-state index in [1.165, 1.54) is 32.1 Å². The molecule has 0 amide bonds. The van der Waals surface area contributed by atoms with Gasteiger partial charge in [0.15, 0.2) is 0 Å². The predicted molar refractivity (Wildman–Crippen MR) is 62.2 cm³/mol. The summed E-state index contributed by atoms with van der Waals surface area (Å²) in [6, 6.07) is 0. The molecule has 4 nitrogen and oxygen atoms in total. The van der Waals surface area contributed by atoms with Gasteiger partial charge in [-0.15, -0.1) is 0 Å². The summed E-state index contributed by atoms with van der Waals surface area (Å²) in [4.78, 5) is 0. The van der Waals surface area contributed by atoms with E-state index >= 15 is 0 Å². The third kappa shape index (κ3) is 13.9. The molecule has 0 spiro atoms. The Labute approximate surface area is 93.3 Å². The Bertz CT molecular complexity index is 227. The van der Waals surface area contributed by atoms with Crippen molar-refractivity contribution in [2.45, 2.75) is 58.3 Å². The van der Waals surface area contributed by atoms with Crippen molar-refractivity contribution in [3.8, 4) is 0 Å². The van der Waals surface area contributed by atoms with Crippen molar-refractivity contribution in [2.75, 3.05) is 6.54 Å². The smallest absolute Gasteiger partial charge is 0.273 e. The monoisotopic (exact) mass is 237 g/mol. The van der Waals surface area contributed by atoms with Crippen molar-refractivity contribution in [1.29, 1.82) is 0 Å². The summed E-state index contributed by atoms with van der Waals surface area (Å²) in [5.74, 6) is 0. The molecule has 0 aliphatic heterocycles. The number of nitrogens with one attached hydrogen (secondary N) is 1. The summed E-state index contributed by atoms with van der Waals surface area (Å²) in [5.41, 5.74) is 0. The Kier molecular flexibility index (Phi) is 9.04. The first-order valence-corrected chi connectivity index (χ1v) is 7.22. The minimum atomic E-state index is -3.98. The van der Waals surface area contributed by atoms with Gasteiger partial charge in [-0.3, -0.25) is 4.55 Å². The minimum absolute atomic E-state index is 0.341. The van der Waals surface area contributed by atoms with Crippen molar-refractivity contribution in [3.63, 3.8) is 0 Å². The molecular formula is C10H23NO3S. The Morgan fingerprint density at radius 1 is 0.933 bits per heavy atom. The second-order valence-corrected chi connectivity index (χ2v) is 5.08. The van der Waals surface area contributed by atoms with E-state index in [1.807, 2.05) is 0 Å². The predicted octanol–water partition coefficient (Wildman–Crippen LogP) is 2.52. The van der Waals surface area contributed by atoms with Gasteiger partial charge in [0.05, 0.1) is 0 Å². The average molecular weight is 237 g/mol. The van der Waals surface area contributed by atoms with E-state index in [0.717, 1.165) is 19.3 Å². The molecule has 92 valence electrons. The van der Waals surface area contributed by atoms with Crippen molar-refractivity contribution in [3.05, 3.63) is 0 Å². The molecule has 0 aromatic rings. The van der Waals surface area contributed by atoms with E-state index in [1.54, 1.807) is 0 Å². The number of hydrogen-bond donors (Lipinski definition) is 2. The molecule has 15 heavy (non-hydrogen) atoms. The van der Waals surface area contributed by atoms with Crippen LogP contribution < -0.4 is 4.72 Å². The number of hydrogen-bond acceptors (Lipinski definition) is 2. The molecule has 0 fully saturated rings. The molecular weight excluding hydrogens is 214 g/mol. The molecule has 0 saturated carbocycles. The van der Waals surface area contributed by atoms with Crippen LogP contribution in [0, 0.1) is 0 Å². The third-order valence-electron chi connectivity index (χ3n) is 2.31. The molecule has 0 radical (unpaired) electrons. The van der Waals surface area contributed by atoms with Gasteiger partial charge in [-0.2, -0.15) is 13.1 Å². The Hall–Kier alpha value is -0.130. The normalized spacial score (nSPS) is 11.9. The lowest BCUT2D eigenvalue weighted by atomic mass is 10.1. The van der Waals surface area contributed by atoms with Crippen molar-refractivity contribution in [2.24, 2.45) is 0 Å². The molecule has 0 bridgehead atoms. The zero-order chi connectivity index (χ0) is 11.6. The zero-order valence-corrected chi connectivity index (χ0v) is 10.4. The zero-order valence-electron chi connectivity index (χ0n) is 9.54. The van der Waals surface area contributed by atoms with Crippen LogP contribution in [0.4, 0.5) is 0 Å². The van der Waals surface area contributed by atoms with Crippen LogP contribution in [0.15, 0.2) is 0 Å². The molecule has 0 saturated heterocycles. The van der Waals surface area contributed by atoms with Gasteiger partial charge in [0.25, 0.3) is 0 Å². The van der Waals surface area contributed by atoms with E-state index < -0.39 is 10.3 Å². The van der Waals surface area contributed by atoms with E-state index in [-0.39, 0.29) is 0 Å². The highest BCUT2D eigenvalue weighted by molar-refractivity contribution is 7.83. The molecule has 0 aromatic heterocycles. The van der Waals surface area contributed by atoms with Gasteiger partial charge in [-0.1, -0.05) is 51.9 Å². The van der Waals surface area contributed by atoms with Crippen LogP contribution >= 0.6 is 0 Å². The highest BCUT2D eigenvalue weighted by Crippen LogP contribution is 2.07. The molecule has 0 atom stereocenters. The molecule has 5 heteroatoms. The first kappa shape index (κ1) is 14.9. The molecule has 0 unspecified atom stereocenters. The number of rotatable bonds is 10. The maximum Gasteiger partial charge on any atom is 0.333 e. The topological polar surface area (TPSA) is 66.4 Å². The van der Waals surface area contributed by atoms with E-state index in [0.29, 0.717) is 6.54 Å². The van der Waals surface area contributed by atoms with Gasteiger partial charge in [-0.25, -0.2) is 0 Å². The van der Waals surface area contributed by atoms with Gasteiger partial charge < -0.3 is 0 Å². The van der Waals surface area contributed by atoms with Gasteiger partial charge in [0.2, 0.25) is 0 Å². The van der Waals surface area contributed by atoms with Crippen LogP contribution in [0.5, 0.6) is 0 Å². The number of unbranched alkanes of at least 4 members (excludes halogenated alkanes) is 7. The third-order valence-corrected chi connectivity index (χ3v) is 2.88. The van der Waals surface area contributed by atoms with Crippen molar-refractivity contribution in [1.82, 2.24) is 4.72 Å². The Balaban J connectivity index is 3.06. The average Bonchev–Trinajstić information content (AvgIpc) is 2.14. The van der Waals surface area contributed by atoms with Gasteiger partial charge >= 0.3 is 10.3 Å². The lowest BCUT2D eigenvalue weighted by molar-refractivity contribution is 0.464. The van der Waals surface area contributed by atoms with Crippen LogP contribution in [-0.2, 0) is 10.3 Å². The van der Waals surface area contributed by atoms with Crippen LogP contribution in [0.2, 0.25) is 0 Å². The lowest BCUT2D eigenvalue weighted by Crippen LogP contribution is -2.23. The second-order valence-electron chi connectivity index (χ2n) is 3.84. The summed E-state index contributed by atoms with van der Waals surface area (Å²) in [7, 11) is -3.98. The quantitative estimate of drug-likeness (QED) is 0.453. The Morgan fingerprint density at radius 2 is 1.40 bits per heavy atom. The second kappa shape index (κ2) is 9.12. The van der Waals surface area contributed by atoms with E-state index in [9.17, 15) is 8.42 Å². The van der Waals surface area contributed by atoms with Crippen LogP contribution in [-0.4, -0.2) is 19.5 Å². The molecule has 0 heterocycles. The summed E-state index contributed by atoms with van der Waals surface area (Å²) < 4.78 is 31.0. The van der Waals surface area contributed by atoms with Crippen LogP contribution in [0.3, 0.4) is 0 Å². The fourth-order valence-electron chi connectivity index (χ4n) is 1.46. The van der Waals surface area contributed by atoms with Crippen molar-refractivity contribution < 1.29 is 13.0 Å². The first-order valence-electron chi connectivity index (χ1n) is 5.78. The molecule has 0 aromatic carbocycles. The summed E-state index contributed by atoms with van der Waals surface area (Å²) in [5, 5.41) is 0. The molecule has 0 aliphatic rings. The highest BCUT2D eigenvalue weighted by Gasteiger charge is 2.00. The van der Waals surface area contributed by atoms with Gasteiger partial charge in [0, 0.05) is 6.54 Å². The van der Waals surface area contributed by atoms with Crippen LogP contribution in [0.1, 0.15) is 58.3 Å². The molecule has 2 N–H and O–H groups in total. The first-order chi connectivity index (χ1) is 7.06. The van der Waals surface area contributed by atoms with E-state index in [4.69, 9.17) is 4.55 Å².